The van der Waals surface area contributed by atoms with E-state index < -0.39 is 0 Å². The van der Waals surface area contributed by atoms with Crippen molar-refractivity contribution in [1.82, 2.24) is 4.90 Å². The summed E-state index contributed by atoms with van der Waals surface area (Å²) in [4.78, 5) is 29.6. The van der Waals surface area contributed by atoms with Gasteiger partial charge in [-0.2, -0.15) is 0 Å². The van der Waals surface area contributed by atoms with E-state index in [1.54, 1.807) is 0 Å². The number of amides is 2. The van der Waals surface area contributed by atoms with Gasteiger partial charge in [0.1, 0.15) is 0 Å². The molecule has 0 radical (unpaired) electrons. The number of hydrogen-bond donors (Lipinski definition) is 1. The van der Waals surface area contributed by atoms with Gasteiger partial charge < -0.3 is 15.1 Å². The maximum absolute atomic E-state index is 12.9. The monoisotopic (exact) mass is 425 g/mol. The number of nitrogens with zero attached hydrogens (tertiary/aromatic N) is 2. The maximum atomic E-state index is 12.9. The Hall–Kier alpha value is -3.60. The number of nitrogens with one attached hydrogen (secondary N) is 1. The van der Waals surface area contributed by atoms with Crippen molar-refractivity contribution in [2.75, 3.05) is 23.8 Å². The summed E-state index contributed by atoms with van der Waals surface area (Å²) in [6, 6.07) is 26.5. The molecule has 1 fully saturated rings. The van der Waals surface area contributed by atoms with E-state index in [0.717, 1.165) is 29.9 Å². The standard InChI is InChI=1S/C27H27N3O2/c1-29(23-9-3-2-4-10-23)24-13-11-22(12-14-24)28-27(32)21-17-26(31)30(18-21)25-15-19-7-5-6-8-20(19)16-25/h2-14,21,25H,15-18H2,1H3,(H,28,32). The average Bonchev–Trinajstić information content (AvgIpc) is 3.43. The minimum absolute atomic E-state index is 0.0828. The van der Waals surface area contributed by atoms with Gasteiger partial charge in [-0.3, -0.25) is 9.59 Å². The highest BCUT2D eigenvalue weighted by Crippen LogP contribution is 2.31. The van der Waals surface area contributed by atoms with Gasteiger partial charge in [0.15, 0.2) is 0 Å². The molecule has 1 aliphatic carbocycles. The molecule has 1 unspecified atom stereocenters. The Morgan fingerprint density at radius 2 is 1.44 bits per heavy atom. The van der Waals surface area contributed by atoms with Gasteiger partial charge in [0, 0.05) is 43.1 Å². The van der Waals surface area contributed by atoms with E-state index >= 15 is 0 Å². The molecule has 1 atom stereocenters. The molecule has 1 N–H and O–H groups in total. The lowest BCUT2D eigenvalue weighted by Gasteiger charge is -2.24. The molecule has 0 bridgehead atoms. The van der Waals surface area contributed by atoms with Crippen molar-refractivity contribution in [2.24, 2.45) is 5.92 Å². The fourth-order valence-corrected chi connectivity index (χ4v) is 4.83. The van der Waals surface area contributed by atoms with Gasteiger partial charge in [0.05, 0.1) is 5.92 Å². The van der Waals surface area contributed by atoms with Crippen molar-refractivity contribution >= 4 is 28.9 Å². The summed E-state index contributed by atoms with van der Waals surface area (Å²) >= 11 is 0. The molecule has 2 amide bonds. The number of carbonyl (C=O) groups excluding carboxylic acids is 2. The van der Waals surface area contributed by atoms with Gasteiger partial charge in [-0.15, -0.1) is 0 Å². The SMILES string of the molecule is CN(c1ccccc1)c1ccc(NC(=O)C2CC(=O)N(C3Cc4ccccc4C3)C2)cc1. The summed E-state index contributed by atoms with van der Waals surface area (Å²) < 4.78 is 0. The summed E-state index contributed by atoms with van der Waals surface area (Å²) in [6.45, 7) is 0.498. The number of anilines is 3. The quantitative estimate of drug-likeness (QED) is 0.659. The van der Waals surface area contributed by atoms with E-state index in [-0.39, 0.29) is 30.2 Å². The fraction of sp³-hybridized carbons (Fsp3) is 0.259. The number of para-hydroxylation sites is 1. The van der Waals surface area contributed by atoms with E-state index in [9.17, 15) is 9.59 Å². The molecule has 3 aromatic carbocycles. The maximum Gasteiger partial charge on any atom is 0.229 e. The summed E-state index contributed by atoms with van der Waals surface area (Å²) in [5.74, 6) is -0.304. The van der Waals surface area contributed by atoms with Crippen LogP contribution < -0.4 is 10.2 Å². The second-order valence-corrected chi connectivity index (χ2v) is 8.71. The van der Waals surface area contributed by atoms with Crippen LogP contribution in [0.25, 0.3) is 0 Å². The van der Waals surface area contributed by atoms with Gasteiger partial charge in [0.2, 0.25) is 11.8 Å². The lowest BCUT2D eigenvalue weighted by Crippen LogP contribution is -2.38. The molecule has 1 saturated heterocycles. The molecule has 1 aliphatic heterocycles. The third-order valence-electron chi connectivity index (χ3n) is 6.67. The number of carbonyl (C=O) groups is 2. The predicted molar refractivity (Wildman–Crippen MR) is 127 cm³/mol. The highest BCUT2D eigenvalue weighted by Gasteiger charge is 2.39. The molecule has 0 aromatic heterocycles. The topological polar surface area (TPSA) is 52.7 Å². The van der Waals surface area contributed by atoms with Crippen molar-refractivity contribution in [3.63, 3.8) is 0 Å². The third-order valence-corrected chi connectivity index (χ3v) is 6.67. The molecule has 0 saturated carbocycles. The van der Waals surface area contributed by atoms with Gasteiger partial charge in [-0.05, 0) is 60.4 Å². The van der Waals surface area contributed by atoms with E-state index in [0.29, 0.717) is 6.54 Å². The molecule has 5 rings (SSSR count). The highest BCUT2D eigenvalue weighted by atomic mass is 16.2. The number of benzene rings is 3. The van der Waals surface area contributed by atoms with Gasteiger partial charge >= 0.3 is 0 Å². The summed E-state index contributed by atoms with van der Waals surface area (Å²) in [5, 5.41) is 3.00. The Labute approximate surface area is 188 Å². The van der Waals surface area contributed by atoms with E-state index in [4.69, 9.17) is 0 Å². The molecule has 162 valence electrons. The largest absolute Gasteiger partial charge is 0.345 e. The molecule has 5 heteroatoms. The van der Waals surface area contributed by atoms with Gasteiger partial charge in [0.25, 0.3) is 0 Å². The predicted octanol–water partition coefficient (Wildman–Crippen LogP) is 4.41. The Morgan fingerprint density at radius 3 is 2.09 bits per heavy atom. The van der Waals surface area contributed by atoms with E-state index in [2.05, 4.69) is 34.5 Å². The Bertz CT molecular complexity index is 1100. The zero-order valence-electron chi connectivity index (χ0n) is 18.2. The number of likely N-dealkylation sites (tertiary alicyclic amines) is 1. The van der Waals surface area contributed by atoms with Gasteiger partial charge in [-0.1, -0.05) is 42.5 Å². The van der Waals surface area contributed by atoms with Crippen molar-refractivity contribution < 1.29 is 9.59 Å². The molecular formula is C27H27N3O2. The molecule has 32 heavy (non-hydrogen) atoms. The van der Waals surface area contributed by atoms with Crippen molar-refractivity contribution in [3.8, 4) is 0 Å². The zero-order chi connectivity index (χ0) is 22.1. The average molecular weight is 426 g/mol. The van der Waals surface area contributed by atoms with Crippen LogP contribution in [-0.2, 0) is 22.4 Å². The van der Waals surface area contributed by atoms with Crippen molar-refractivity contribution in [3.05, 3.63) is 90.0 Å². The van der Waals surface area contributed by atoms with Crippen LogP contribution >= 0.6 is 0 Å². The first-order chi connectivity index (χ1) is 15.6. The molecular weight excluding hydrogens is 398 g/mol. The van der Waals surface area contributed by atoms with Crippen LogP contribution in [-0.4, -0.2) is 36.3 Å². The summed E-state index contributed by atoms with van der Waals surface area (Å²) in [7, 11) is 2.02. The second-order valence-electron chi connectivity index (χ2n) is 8.71. The normalized spacial score (nSPS) is 18.0. The van der Waals surface area contributed by atoms with Crippen LogP contribution in [0.15, 0.2) is 78.9 Å². The minimum Gasteiger partial charge on any atom is -0.345 e. The van der Waals surface area contributed by atoms with Crippen LogP contribution in [0.4, 0.5) is 17.1 Å². The lowest BCUT2D eigenvalue weighted by molar-refractivity contribution is -0.129. The molecule has 5 nitrogen and oxygen atoms in total. The van der Waals surface area contributed by atoms with Crippen molar-refractivity contribution in [1.29, 1.82) is 0 Å². The smallest absolute Gasteiger partial charge is 0.229 e. The number of fused-ring (bicyclic) bond motifs is 1. The molecule has 0 spiro atoms. The summed E-state index contributed by atoms with van der Waals surface area (Å²) in [6.07, 6.45) is 2.05. The second kappa shape index (κ2) is 8.50. The molecule has 1 heterocycles. The fourth-order valence-electron chi connectivity index (χ4n) is 4.83. The van der Waals surface area contributed by atoms with Crippen LogP contribution in [0.1, 0.15) is 17.5 Å². The first-order valence-corrected chi connectivity index (χ1v) is 11.1. The van der Waals surface area contributed by atoms with E-state index in [1.165, 1.54) is 11.1 Å². The highest BCUT2D eigenvalue weighted by molar-refractivity contribution is 5.97. The Morgan fingerprint density at radius 1 is 0.844 bits per heavy atom. The van der Waals surface area contributed by atoms with Crippen LogP contribution in [0.3, 0.4) is 0 Å². The molecule has 3 aromatic rings. The zero-order valence-corrected chi connectivity index (χ0v) is 18.2. The van der Waals surface area contributed by atoms with Crippen molar-refractivity contribution in [2.45, 2.75) is 25.3 Å². The number of hydrogen-bond acceptors (Lipinski definition) is 3. The van der Waals surface area contributed by atoms with Crippen LogP contribution in [0.5, 0.6) is 0 Å². The summed E-state index contributed by atoms with van der Waals surface area (Å²) in [5.41, 5.74) is 5.53. The van der Waals surface area contributed by atoms with Gasteiger partial charge in [-0.25, -0.2) is 0 Å². The third kappa shape index (κ3) is 3.98. The Kier molecular flexibility index (Phi) is 5.39. The van der Waals surface area contributed by atoms with Crippen LogP contribution in [0, 0.1) is 5.92 Å². The first kappa shape index (κ1) is 20.3. The minimum atomic E-state index is -0.308. The molecule has 2 aliphatic rings. The number of rotatable bonds is 5. The Balaban J connectivity index is 1.20. The van der Waals surface area contributed by atoms with E-state index in [1.807, 2.05) is 66.5 Å². The van der Waals surface area contributed by atoms with Crippen LogP contribution in [0.2, 0.25) is 0 Å². The first-order valence-electron chi connectivity index (χ1n) is 11.1. The lowest BCUT2D eigenvalue weighted by atomic mass is 10.1.